The topological polar surface area (TPSA) is 125 Å². The minimum Gasteiger partial charge on any atom is -0.493 e. The maximum absolute atomic E-state index is 13.4. The molecule has 11 heteroatoms. The average molecular weight is 499 g/mol. The molecule has 0 atom stereocenters. The van der Waals surface area contributed by atoms with Crippen LogP contribution in [-0.4, -0.2) is 42.5 Å². The van der Waals surface area contributed by atoms with Crippen LogP contribution in [0.4, 0.5) is 5.82 Å². The van der Waals surface area contributed by atoms with Crippen molar-refractivity contribution in [2.45, 2.75) is 18.3 Å². The predicted octanol–water partition coefficient (Wildman–Crippen LogP) is 4.11. The molecule has 0 radical (unpaired) electrons. The molecule has 10 nitrogen and oxygen atoms in total. The number of anilines is 1. The molecule has 3 heterocycles. The van der Waals surface area contributed by atoms with Crippen LogP contribution in [0.15, 0.2) is 72.1 Å². The van der Waals surface area contributed by atoms with E-state index in [-0.39, 0.29) is 22.9 Å². The zero-order valence-corrected chi connectivity index (χ0v) is 19.4. The van der Waals surface area contributed by atoms with Gasteiger partial charge in [-0.25, -0.2) is 9.97 Å². The second-order valence-corrected chi connectivity index (χ2v) is 8.49. The van der Waals surface area contributed by atoms with Crippen molar-refractivity contribution in [1.29, 1.82) is 0 Å². The third-order valence-corrected chi connectivity index (χ3v) is 5.94. The normalized spacial score (nSPS) is 13.9. The van der Waals surface area contributed by atoms with Crippen molar-refractivity contribution in [3.05, 3.63) is 72.7 Å². The number of nitrogens with zero attached hydrogens (tertiary/aromatic N) is 4. The third kappa shape index (κ3) is 5.30. The molecular weight excluding hydrogens is 470 g/mol. The molecule has 0 aliphatic carbocycles. The Morgan fingerprint density at radius 1 is 1.03 bits per heavy atom. The summed E-state index contributed by atoms with van der Waals surface area (Å²) < 4.78 is 83.9. The van der Waals surface area contributed by atoms with Gasteiger partial charge in [0, 0.05) is 26.9 Å². The van der Waals surface area contributed by atoms with Crippen LogP contribution in [0.25, 0.3) is 11.4 Å². The molecule has 0 amide bonds. The third-order valence-electron chi connectivity index (χ3n) is 4.68. The molecule has 0 aliphatic heterocycles. The summed E-state index contributed by atoms with van der Waals surface area (Å²) in [4.78, 5) is 16.3. The summed E-state index contributed by atoms with van der Waals surface area (Å²) in [6, 6.07) is 11.9. The summed E-state index contributed by atoms with van der Waals surface area (Å²) in [6.45, 7) is 1.31. The molecule has 4 aromatic rings. The highest BCUT2D eigenvalue weighted by Gasteiger charge is 2.25. The maximum atomic E-state index is 13.4. The van der Waals surface area contributed by atoms with E-state index in [0.29, 0.717) is 5.56 Å². The number of pyridine rings is 2. The first kappa shape index (κ1) is 18.1. The Hall–Kier alpha value is -4.25. The van der Waals surface area contributed by atoms with Crippen molar-refractivity contribution >= 4 is 15.8 Å². The van der Waals surface area contributed by atoms with Crippen molar-refractivity contribution in [3.8, 4) is 34.5 Å². The molecule has 0 spiro atoms. The summed E-state index contributed by atoms with van der Waals surface area (Å²) >= 11 is 0. The molecule has 0 saturated carbocycles. The minimum atomic E-state index is -4.46. The van der Waals surface area contributed by atoms with Crippen LogP contribution in [0.1, 0.15) is 19.3 Å². The number of aromatic nitrogens is 4. The van der Waals surface area contributed by atoms with Crippen LogP contribution >= 0.6 is 0 Å². The number of ether oxygens (including phenoxy) is 3. The second kappa shape index (κ2) is 10.3. The van der Waals surface area contributed by atoms with Crippen molar-refractivity contribution in [1.82, 2.24) is 19.9 Å². The maximum Gasteiger partial charge on any atom is 0.280 e. The molecule has 3 aromatic heterocycles. The summed E-state index contributed by atoms with van der Waals surface area (Å²) in [5.41, 5.74) is 0.546. The Bertz CT molecular complexity index is 1600. The lowest BCUT2D eigenvalue weighted by molar-refractivity contribution is 0.348. The zero-order valence-electron chi connectivity index (χ0n) is 23.6. The fraction of sp³-hybridized carbons (Fsp3) is 0.167. The highest BCUT2D eigenvalue weighted by atomic mass is 32.2. The molecule has 0 aliphatic rings. The van der Waals surface area contributed by atoms with E-state index < -0.39 is 45.9 Å². The molecule has 1 N–H and O–H groups in total. The van der Waals surface area contributed by atoms with Crippen molar-refractivity contribution in [3.63, 3.8) is 0 Å². The lowest BCUT2D eigenvalue weighted by Gasteiger charge is -2.17. The van der Waals surface area contributed by atoms with Gasteiger partial charge in [0.1, 0.15) is 0 Å². The minimum absolute atomic E-state index is 0.0887. The van der Waals surface area contributed by atoms with Crippen molar-refractivity contribution < 1.29 is 29.5 Å². The van der Waals surface area contributed by atoms with Crippen LogP contribution in [0.3, 0.4) is 0 Å². The highest BCUT2D eigenvalue weighted by molar-refractivity contribution is 7.92. The number of methoxy groups -OCH3 is 2. The summed E-state index contributed by atoms with van der Waals surface area (Å²) in [5.74, 6) is -1.23. The number of rotatable bonds is 9. The van der Waals surface area contributed by atoms with Crippen molar-refractivity contribution in [2.24, 2.45) is 0 Å². The Balaban J connectivity index is 1.89. The SMILES string of the molecule is [2H]C([2H])([2H])Oc1nc(-c2ccncc2)nc(NS(=O)(=O)c2ccc(C([2H])([2H])C)cn2)c1Oc1ccccc1OC. The number of para-hydroxylation sites is 2. The lowest BCUT2D eigenvalue weighted by atomic mass is 10.2. The van der Waals surface area contributed by atoms with Crippen LogP contribution in [0, 0.1) is 0 Å². The predicted molar refractivity (Wildman–Crippen MR) is 129 cm³/mol. The van der Waals surface area contributed by atoms with Gasteiger partial charge in [-0.3, -0.25) is 9.71 Å². The van der Waals surface area contributed by atoms with Crippen LogP contribution in [0.5, 0.6) is 23.1 Å². The van der Waals surface area contributed by atoms with Gasteiger partial charge in [0.15, 0.2) is 28.2 Å². The number of hydrogen-bond donors (Lipinski definition) is 1. The molecule has 1 aromatic carbocycles. The standard InChI is InChI=1S/C24H23N5O5S/c1-4-16-9-10-20(26-15-16)35(30,31)29-23-21(34-19-8-6-5-7-18(19)32-2)24(33-3)28-22(27-23)17-11-13-25-14-12-17/h5-15H,4H2,1-3H3,(H,27,28,29)/i3D3,4D2. The van der Waals surface area contributed by atoms with Crippen LogP contribution in [-0.2, 0) is 16.4 Å². The molecule has 35 heavy (non-hydrogen) atoms. The van der Waals surface area contributed by atoms with Gasteiger partial charge in [-0.15, -0.1) is 0 Å². The number of nitrogens with one attached hydrogen (secondary N) is 1. The van der Waals surface area contributed by atoms with Gasteiger partial charge in [-0.1, -0.05) is 25.1 Å². The van der Waals surface area contributed by atoms with E-state index in [1.807, 2.05) is 0 Å². The van der Waals surface area contributed by atoms with Gasteiger partial charge in [0.25, 0.3) is 15.9 Å². The van der Waals surface area contributed by atoms with Crippen LogP contribution in [0.2, 0.25) is 0 Å². The first-order chi connectivity index (χ1) is 18.8. The van der Waals surface area contributed by atoms with E-state index in [9.17, 15) is 8.42 Å². The number of hydrogen-bond acceptors (Lipinski definition) is 9. The quantitative estimate of drug-likeness (QED) is 0.363. The number of aryl methyl sites for hydroxylation is 1. The van der Waals surface area contributed by atoms with Gasteiger partial charge < -0.3 is 14.2 Å². The van der Waals surface area contributed by atoms with Gasteiger partial charge in [-0.2, -0.15) is 13.4 Å². The average Bonchev–Trinajstić information content (AvgIpc) is 2.89. The van der Waals surface area contributed by atoms with Gasteiger partial charge in [0.2, 0.25) is 5.75 Å². The Morgan fingerprint density at radius 3 is 2.46 bits per heavy atom. The monoisotopic (exact) mass is 498 g/mol. The Labute approximate surface area is 210 Å². The van der Waals surface area contributed by atoms with Gasteiger partial charge in [0.05, 0.1) is 18.3 Å². The Kier molecular flexibility index (Phi) is 5.36. The van der Waals surface area contributed by atoms with E-state index in [1.54, 1.807) is 18.2 Å². The molecule has 180 valence electrons. The zero-order chi connectivity index (χ0) is 29.1. The second-order valence-electron chi connectivity index (χ2n) is 6.86. The first-order valence-corrected chi connectivity index (χ1v) is 11.6. The first-order valence-electron chi connectivity index (χ1n) is 12.6. The van der Waals surface area contributed by atoms with E-state index >= 15 is 0 Å². The van der Waals surface area contributed by atoms with Gasteiger partial charge >= 0.3 is 0 Å². The summed E-state index contributed by atoms with van der Waals surface area (Å²) in [7, 11) is -6.06. The van der Waals surface area contributed by atoms with Crippen molar-refractivity contribution in [2.75, 3.05) is 18.9 Å². The van der Waals surface area contributed by atoms with E-state index in [0.717, 1.165) is 12.3 Å². The fourth-order valence-corrected chi connectivity index (χ4v) is 3.91. The summed E-state index contributed by atoms with van der Waals surface area (Å²) in [6.07, 6.45) is 2.26. The smallest absolute Gasteiger partial charge is 0.280 e. The number of sulfonamides is 1. The molecule has 0 bridgehead atoms. The lowest BCUT2D eigenvalue weighted by Crippen LogP contribution is -2.17. The largest absolute Gasteiger partial charge is 0.493 e. The molecule has 0 saturated heterocycles. The van der Waals surface area contributed by atoms with Crippen LogP contribution < -0.4 is 18.9 Å². The fourth-order valence-electron chi connectivity index (χ4n) is 2.97. The van der Waals surface area contributed by atoms with Gasteiger partial charge in [-0.05, 0) is 42.3 Å². The molecule has 4 rings (SSSR count). The number of benzene rings is 1. The molecule has 0 unspecified atom stereocenters. The molecule has 0 fully saturated rings. The van der Waals surface area contributed by atoms with E-state index in [2.05, 4.69) is 24.7 Å². The molecular formula is C24H23N5O5S. The highest BCUT2D eigenvalue weighted by Crippen LogP contribution is 2.41. The summed E-state index contributed by atoms with van der Waals surface area (Å²) in [5, 5.41) is -0.453. The Morgan fingerprint density at radius 2 is 1.80 bits per heavy atom. The van der Waals surface area contributed by atoms with E-state index in [4.69, 9.17) is 21.1 Å². The van der Waals surface area contributed by atoms with E-state index in [1.165, 1.54) is 50.7 Å².